The summed E-state index contributed by atoms with van der Waals surface area (Å²) in [7, 11) is 0. The molecule has 1 aromatic carbocycles. The zero-order valence-electron chi connectivity index (χ0n) is 9.99. The molecule has 1 aliphatic carbocycles. The Morgan fingerprint density at radius 1 is 1.41 bits per heavy atom. The fourth-order valence-corrected chi connectivity index (χ4v) is 2.03. The van der Waals surface area contributed by atoms with E-state index in [9.17, 15) is 4.79 Å². The highest BCUT2D eigenvalue weighted by Gasteiger charge is 2.36. The molecule has 17 heavy (non-hydrogen) atoms. The van der Waals surface area contributed by atoms with Crippen molar-refractivity contribution in [1.29, 1.82) is 5.26 Å². The van der Waals surface area contributed by atoms with Crippen LogP contribution in [0.1, 0.15) is 36.5 Å². The van der Waals surface area contributed by atoms with Gasteiger partial charge in [0.1, 0.15) is 0 Å². The van der Waals surface area contributed by atoms with Gasteiger partial charge in [0.15, 0.2) is 5.78 Å². The van der Waals surface area contributed by atoms with Gasteiger partial charge in [-0.25, -0.2) is 0 Å². The zero-order chi connectivity index (χ0) is 12.3. The van der Waals surface area contributed by atoms with Gasteiger partial charge in [-0.15, -0.1) is 0 Å². The molecule has 1 fully saturated rings. The van der Waals surface area contributed by atoms with E-state index in [-0.39, 0.29) is 11.2 Å². The molecule has 0 saturated heterocycles. The predicted octanol–water partition coefficient (Wildman–Crippen LogP) is 2.99. The van der Waals surface area contributed by atoms with Gasteiger partial charge in [0, 0.05) is 17.8 Å². The van der Waals surface area contributed by atoms with Crippen LogP contribution in [0.5, 0.6) is 0 Å². The van der Waals surface area contributed by atoms with Gasteiger partial charge in [-0.1, -0.05) is 6.42 Å². The molecule has 1 saturated carbocycles. The maximum Gasteiger partial charge on any atom is 0.159 e. The molecular weight excluding hydrogens is 212 g/mol. The Labute approximate surface area is 101 Å². The van der Waals surface area contributed by atoms with Crippen LogP contribution in [0, 0.1) is 16.7 Å². The van der Waals surface area contributed by atoms with Crippen LogP contribution in [0.2, 0.25) is 0 Å². The summed E-state index contributed by atoms with van der Waals surface area (Å²) < 4.78 is 0. The van der Waals surface area contributed by atoms with E-state index in [0.29, 0.717) is 12.1 Å². The van der Waals surface area contributed by atoms with Gasteiger partial charge in [0.05, 0.1) is 11.5 Å². The van der Waals surface area contributed by atoms with Crippen molar-refractivity contribution in [1.82, 2.24) is 0 Å². The largest absolute Gasteiger partial charge is 0.383 e. The number of benzene rings is 1. The van der Waals surface area contributed by atoms with E-state index in [1.807, 2.05) is 24.3 Å². The second kappa shape index (κ2) is 4.58. The van der Waals surface area contributed by atoms with Crippen LogP contribution < -0.4 is 5.32 Å². The second-order valence-corrected chi connectivity index (χ2v) is 4.73. The van der Waals surface area contributed by atoms with Crippen molar-refractivity contribution in [2.45, 2.75) is 26.2 Å². The molecule has 0 amide bonds. The van der Waals surface area contributed by atoms with Gasteiger partial charge in [-0.05, 0) is 44.0 Å². The minimum absolute atomic E-state index is 0.0732. The maximum absolute atomic E-state index is 11.1. The third kappa shape index (κ3) is 2.47. The molecule has 2 rings (SSSR count). The molecule has 0 aliphatic heterocycles. The van der Waals surface area contributed by atoms with Crippen molar-refractivity contribution < 1.29 is 4.79 Å². The first kappa shape index (κ1) is 11.7. The normalized spacial score (nSPS) is 16.7. The third-order valence-electron chi connectivity index (χ3n) is 3.47. The van der Waals surface area contributed by atoms with Crippen molar-refractivity contribution in [3.63, 3.8) is 0 Å². The molecule has 1 aliphatic rings. The molecule has 0 heterocycles. The molecule has 88 valence electrons. The molecule has 1 N–H and O–H groups in total. The fraction of sp³-hybridized carbons (Fsp3) is 0.429. The van der Waals surface area contributed by atoms with Gasteiger partial charge in [0.25, 0.3) is 0 Å². The summed E-state index contributed by atoms with van der Waals surface area (Å²) in [5, 5.41) is 12.4. The van der Waals surface area contributed by atoms with E-state index >= 15 is 0 Å². The Morgan fingerprint density at radius 3 is 2.47 bits per heavy atom. The predicted molar refractivity (Wildman–Crippen MR) is 66.8 cm³/mol. The lowest BCUT2D eigenvalue weighted by Crippen LogP contribution is -2.34. The van der Waals surface area contributed by atoms with Gasteiger partial charge >= 0.3 is 0 Å². The Morgan fingerprint density at radius 2 is 2.06 bits per heavy atom. The molecule has 0 radical (unpaired) electrons. The summed E-state index contributed by atoms with van der Waals surface area (Å²) >= 11 is 0. The number of hydrogen-bond acceptors (Lipinski definition) is 3. The first-order valence-electron chi connectivity index (χ1n) is 5.91. The minimum Gasteiger partial charge on any atom is -0.383 e. The minimum atomic E-state index is -0.167. The Bertz CT molecular complexity index is 452. The van der Waals surface area contributed by atoms with Gasteiger partial charge in [-0.3, -0.25) is 4.79 Å². The van der Waals surface area contributed by atoms with Crippen LogP contribution in [0.15, 0.2) is 24.3 Å². The number of ketones is 1. The quantitative estimate of drug-likeness (QED) is 0.806. The van der Waals surface area contributed by atoms with Crippen molar-refractivity contribution in [2.24, 2.45) is 5.41 Å². The SMILES string of the molecule is CC(=O)c1ccc(NCC2(C#N)CCC2)cc1. The molecule has 0 spiro atoms. The summed E-state index contributed by atoms with van der Waals surface area (Å²) in [5.41, 5.74) is 1.52. The average Bonchev–Trinajstić information content (AvgIpc) is 2.29. The number of carbonyl (C=O) groups excluding carboxylic acids is 1. The van der Waals surface area contributed by atoms with Gasteiger partial charge in [0.2, 0.25) is 0 Å². The summed E-state index contributed by atoms with van der Waals surface area (Å²) in [6, 6.07) is 9.80. The van der Waals surface area contributed by atoms with E-state index < -0.39 is 0 Å². The first-order chi connectivity index (χ1) is 8.15. The van der Waals surface area contributed by atoms with Crippen LogP contribution in [0.3, 0.4) is 0 Å². The lowest BCUT2D eigenvalue weighted by molar-refractivity contribution is 0.101. The lowest BCUT2D eigenvalue weighted by Gasteiger charge is -2.35. The molecule has 0 atom stereocenters. The summed E-state index contributed by atoms with van der Waals surface area (Å²) in [4.78, 5) is 11.1. The number of hydrogen-bond donors (Lipinski definition) is 1. The van der Waals surface area contributed by atoms with Crippen LogP contribution >= 0.6 is 0 Å². The van der Waals surface area contributed by atoms with E-state index in [1.165, 1.54) is 0 Å². The zero-order valence-corrected chi connectivity index (χ0v) is 9.99. The summed E-state index contributed by atoms with van der Waals surface area (Å²) in [6.07, 6.45) is 3.13. The summed E-state index contributed by atoms with van der Waals surface area (Å²) in [6.45, 7) is 2.25. The van der Waals surface area contributed by atoms with Crippen LogP contribution in [-0.2, 0) is 0 Å². The standard InChI is InChI=1S/C14H16N2O/c1-11(17)12-3-5-13(6-4-12)16-10-14(9-15)7-2-8-14/h3-6,16H,2,7-8,10H2,1H3. The Balaban J connectivity index is 1.96. The molecule has 3 heteroatoms. The van der Waals surface area contributed by atoms with E-state index in [1.54, 1.807) is 6.92 Å². The lowest BCUT2D eigenvalue weighted by atomic mass is 9.70. The van der Waals surface area contributed by atoms with Crippen molar-refractivity contribution >= 4 is 11.5 Å². The molecular formula is C14H16N2O. The smallest absolute Gasteiger partial charge is 0.159 e. The first-order valence-corrected chi connectivity index (χ1v) is 5.91. The number of anilines is 1. The molecule has 1 aromatic rings. The number of nitrogens with one attached hydrogen (secondary N) is 1. The van der Waals surface area contributed by atoms with Crippen molar-refractivity contribution in [3.8, 4) is 6.07 Å². The number of Topliss-reactive ketones (excluding diaryl/α,β-unsaturated/α-hetero) is 1. The Kier molecular flexibility index (Phi) is 3.14. The topological polar surface area (TPSA) is 52.9 Å². The third-order valence-corrected chi connectivity index (χ3v) is 3.47. The highest BCUT2D eigenvalue weighted by atomic mass is 16.1. The van der Waals surface area contributed by atoms with E-state index in [4.69, 9.17) is 5.26 Å². The average molecular weight is 228 g/mol. The molecule has 0 unspecified atom stereocenters. The van der Waals surface area contributed by atoms with E-state index in [0.717, 1.165) is 24.9 Å². The molecule has 0 bridgehead atoms. The number of nitrogens with zero attached hydrogens (tertiary/aromatic N) is 1. The van der Waals surface area contributed by atoms with Crippen LogP contribution in [0.25, 0.3) is 0 Å². The summed E-state index contributed by atoms with van der Waals surface area (Å²) in [5.74, 6) is 0.0732. The fourth-order valence-electron chi connectivity index (χ4n) is 2.03. The number of carbonyl (C=O) groups is 1. The van der Waals surface area contributed by atoms with Crippen molar-refractivity contribution in [2.75, 3.05) is 11.9 Å². The molecule has 0 aromatic heterocycles. The van der Waals surface area contributed by atoms with Crippen LogP contribution in [-0.4, -0.2) is 12.3 Å². The van der Waals surface area contributed by atoms with Crippen molar-refractivity contribution in [3.05, 3.63) is 29.8 Å². The van der Waals surface area contributed by atoms with Gasteiger partial charge < -0.3 is 5.32 Å². The number of rotatable bonds is 4. The highest BCUT2D eigenvalue weighted by molar-refractivity contribution is 5.94. The van der Waals surface area contributed by atoms with E-state index in [2.05, 4.69) is 11.4 Å². The highest BCUT2D eigenvalue weighted by Crippen LogP contribution is 2.40. The van der Waals surface area contributed by atoms with Gasteiger partial charge in [-0.2, -0.15) is 5.26 Å². The van der Waals surface area contributed by atoms with Crippen LogP contribution in [0.4, 0.5) is 5.69 Å². The number of nitriles is 1. The second-order valence-electron chi connectivity index (χ2n) is 4.73. The Hall–Kier alpha value is -1.82. The molecule has 3 nitrogen and oxygen atoms in total. The monoisotopic (exact) mass is 228 g/mol. The maximum atomic E-state index is 11.1.